The highest BCUT2D eigenvalue weighted by Gasteiger charge is 1.98. The zero-order valence-corrected chi connectivity index (χ0v) is 8.38. The smallest absolute Gasteiger partial charge is 0.0187 e. The molecule has 0 aliphatic rings. The van der Waals surface area contributed by atoms with Crippen molar-refractivity contribution in [2.75, 3.05) is 0 Å². The molecule has 1 rings (SSSR count). The molecule has 13 heavy (non-hydrogen) atoms. The normalized spacial score (nSPS) is 11.4. The third-order valence-corrected chi connectivity index (χ3v) is 2.11. The van der Waals surface area contributed by atoms with Gasteiger partial charge in [-0.2, -0.15) is 0 Å². The van der Waals surface area contributed by atoms with Crippen LogP contribution in [0.2, 0.25) is 0 Å². The Labute approximate surface area is 80.6 Å². The van der Waals surface area contributed by atoms with Crippen LogP contribution in [0.4, 0.5) is 0 Å². The first-order valence-electron chi connectivity index (χ1n) is 4.67. The first kappa shape index (κ1) is 9.79. The van der Waals surface area contributed by atoms with Crippen molar-refractivity contribution in [2.24, 2.45) is 0 Å². The van der Waals surface area contributed by atoms with Crippen molar-refractivity contribution in [3.8, 4) is 0 Å². The fourth-order valence-corrected chi connectivity index (χ4v) is 1.30. The van der Waals surface area contributed by atoms with Crippen molar-refractivity contribution in [1.29, 1.82) is 0 Å². The molecule has 0 N–H and O–H groups in total. The van der Waals surface area contributed by atoms with E-state index in [1.165, 1.54) is 11.1 Å². The van der Waals surface area contributed by atoms with Gasteiger partial charge in [0.25, 0.3) is 0 Å². The standard InChI is InChI=1S/C13H16/c1-4-8-11(2)12(3)13-9-6-5-7-10-13/h5-10H,3-4H2,1-2H3/b11-8-. The van der Waals surface area contributed by atoms with Crippen LogP contribution in [0.3, 0.4) is 0 Å². The lowest BCUT2D eigenvalue weighted by Gasteiger charge is -2.05. The van der Waals surface area contributed by atoms with E-state index in [9.17, 15) is 0 Å². The van der Waals surface area contributed by atoms with Crippen molar-refractivity contribution >= 4 is 5.57 Å². The predicted molar refractivity (Wildman–Crippen MR) is 59.5 cm³/mol. The number of hydrogen-bond donors (Lipinski definition) is 0. The lowest BCUT2D eigenvalue weighted by molar-refractivity contribution is 1.20. The van der Waals surface area contributed by atoms with Crippen LogP contribution in [0.25, 0.3) is 5.57 Å². The molecular weight excluding hydrogens is 156 g/mol. The summed E-state index contributed by atoms with van der Waals surface area (Å²) in [6.07, 6.45) is 3.27. The Kier molecular flexibility index (Phi) is 3.51. The summed E-state index contributed by atoms with van der Waals surface area (Å²) in [5.41, 5.74) is 3.61. The highest BCUT2D eigenvalue weighted by Crippen LogP contribution is 2.20. The topological polar surface area (TPSA) is 0 Å². The molecule has 0 saturated carbocycles. The first-order chi connectivity index (χ1) is 6.25. The fourth-order valence-electron chi connectivity index (χ4n) is 1.30. The molecule has 0 aromatic heterocycles. The molecule has 1 aromatic rings. The van der Waals surface area contributed by atoms with Crippen LogP contribution < -0.4 is 0 Å². The van der Waals surface area contributed by atoms with Crippen LogP contribution in [0.1, 0.15) is 25.8 Å². The van der Waals surface area contributed by atoms with Gasteiger partial charge < -0.3 is 0 Å². The first-order valence-corrected chi connectivity index (χ1v) is 4.67. The van der Waals surface area contributed by atoms with Gasteiger partial charge in [-0.05, 0) is 30.1 Å². The summed E-state index contributed by atoms with van der Waals surface area (Å²) >= 11 is 0. The molecule has 0 fully saturated rings. The maximum atomic E-state index is 4.08. The van der Waals surface area contributed by atoms with Crippen molar-refractivity contribution in [2.45, 2.75) is 20.3 Å². The lowest BCUT2D eigenvalue weighted by Crippen LogP contribution is -1.83. The summed E-state index contributed by atoms with van der Waals surface area (Å²) in [5, 5.41) is 0. The molecule has 0 bridgehead atoms. The van der Waals surface area contributed by atoms with Crippen LogP contribution in [0.5, 0.6) is 0 Å². The fraction of sp³-hybridized carbons (Fsp3) is 0.231. The van der Waals surface area contributed by atoms with Gasteiger partial charge in [-0.15, -0.1) is 0 Å². The van der Waals surface area contributed by atoms with Crippen LogP contribution in [0.15, 0.2) is 48.6 Å². The Bertz CT molecular complexity index is 304. The maximum absolute atomic E-state index is 4.08. The van der Waals surface area contributed by atoms with E-state index in [2.05, 4.69) is 38.6 Å². The van der Waals surface area contributed by atoms with Crippen LogP contribution in [0, 0.1) is 0 Å². The van der Waals surface area contributed by atoms with Crippen LogP contribution in [-0.4, -0.2) is 0 Å². The monoisotopic (exact) mass is 172 g/mol. The van der Waals surface area contributed by atoms with Gasteiger partial charge in [0.2, 0.25) is 0 Å². The van der Waals surface area contributed by atoms with E-state index in [4.69, 9.17) is 0 Å². The van der Waals surface area contributed by atoms with E-state index in [0.29, 0.717) is 0 Å². The van der Waals surface area contributed by atoms with E-state index in [-0.39, 0.29) is 0 Å². The van der Waals surface area contributed by atoms with Gasteiger partial charge in [-0.3, -0.25) is 0 Å². The van der Waals surface area contributed by atoms with E-state index in [0.717, 1.165) is 12.0 Å². The minimum Gasteiger partial charge on any atom is -0.0909 e. The lowest BCUT2D eigenvalue weighted by atomic mass is 10.0. The molecule has 68 valence electrons. The average molecular weight is 172 g/mol. The second-order valence-corrected chi connectivity index (χ2v) is 3.14. The largest absolute Gasteiger partial charge is 0.0909 e. The minimum atomic E-state index is 1.07. The van der Waals surface area contributed by atoms with Gasteiger partial charge in [0, 0.05) is 0 Å². The van der Waals surface area contributed by atoms with Crippen LogP contribution >= 0.6 is 0 Å². The average Bonchev–Trinajstić information content (AvgIpc) is 2.18. The summed E-state index contributed by atoms with van der Waals surface area (Å²) < 4.78 is 0. The summed E-state index contributed by atoms with van der Waals surface area (Å²) in [6, 6.07) is 10.3. The summed E-state index contributed by atoms with van der Waals surface area (Å²) in [4.78, 5) is 0. The van der Waals surface area contributed by atoms with Crippen molar-refractivity contribution < 1.29 is 0 Å². The molecule has 1 aromatic carbocycles. The second-order valence-electron chi connectivity index (χ2n) is 3.14. The van der Waals surface area contributed by atoms with E-state index >= 15 is 0 Å². The molecule has 0 spiro atoms. The zero-order valence-electron chi connectivity index (χ0n) is 8.38. The molecule has 0 nitrogen and oxygen atoms in total. The molecular formula is C13H16. The summed E-state index contributed by atoms with van der Waals surface area (Å²) in [7, 11) is 0. The van der Waals surface area contributed by atoms with Crippen molar-refractivity contribution in [1.82, 2.24) is 0 Å². The highest BCUT2D eigenvalue weighted by molar-refractivity contribution is 5.76. The van der Waals surface area contributed by atoms with E-state index in [1.807, 2.05) is 18.2 Å². The third-order valence-electron chi connectivity index (χ3n) is 2.11. The molecule has 0 aliphatic carbocycles. The molecule has 0 atom stereocenters. The SMILES string of the molecule is C=C(/C(C)=C\CC)c1ccccc1. The Hall–Kier alpha value is -1.30. The number of hydrogen-bond acceptors (Lipinski definition) is 0. The van der Waals surface area contributed by atoms with E-state index < -0.39 is 0 Å². The molecule has 0 heteroatoms. The zero-order chi connectivity index (χ0) is 9.68. The van der Waals surface area contributed by atoms with Crippen LogP contribution in [-0.2, 0) is 0 Å². The second kappa shape index (κ2) is 4.66. The quantitative estimate of drug-likeness (QED) is 0.603. The molecule has 0 unspecified atom stereocenters. The van der Waals surface area contributed by atoms with Crippen molar-refractivity contribution in [3.63, 3.8) is 0 Å². The number of benzene rings is 1. The van der Waals surface area contributed by atoms with Gasteiger partial charge in [-0.1, -0.05) is 49.9 Å². The molecule has 0 aliphatic heterocycles. The number of rotatable bonds is 3. The van der Waals surface area contributed by atoms with E-state index in [1.54, 1.807) is 0 Å². The van der Waals surface area contributed by atoms with Crippen molar-refractivity contribution in [3.05, 3.63) is 54.1 Å². The predicted octanol–water partition coefficient (Wildman–Crippen LogP) is 4.06. The molecule has 0 heterocycles. The van der Waals surface area contributed by atoms with Gasteiger partial charge in [0.15, 0.2) is 0 Å². The highest BCUT2D eigenvalue weighted by atomic mass is 14.0. The summed E-state index contributed by atoms with van der Waals surface area (Å²) in [5.74, 6) is 0. The third kappa shape index (κ3) is 2.59. The van der Waals surface area contributed by atoms with Gasteiger partial charge in [0.1, 0.15) is 0 Å². The van der Waals surface area contributed by atoms with Gasteiger partial charge >= 0.3 is 0 Å². The van der Waals surface area contributed by atoms with Gasteiger partial charge in [0.05, 0.1) is 0 Å². The molecule has 0 radical (unpaired) electrons. The molecule has 0 saturated heterocycles. The molecule has 0 amide bonds. The Morgan fingerprint density at radius 2 is 1.92 bits per heavy atom. The number of allylic oxidation sites excluding steroid dienone is 3. The summed E-state index contributed by atoms with van der Waals surface area (Å²) in [6.45, 7) is 8.33. The minimum absolute atomic E-state index is 1.07. The Morgan fingerprint density at radius 3 is 2.46 bits per heavy atom. The Morgan fingerprint density at radius 1 is 1.31 bits per heavy atom. The van der Waals surface area contributed by atoms with Gasteiger partial charge in [-0.25, -0.2) is 0 Å². The Balaban J connectivity index is 2.86. The maximum Gasteiger partial charge on any atom is -0.0187 e.